The van der Waals surface area contributed by atoms with E-state index in [9.17, 15) is 10.2 Å². The molecule has 2 heteroatoms. The van der Waals surface area contributed by atoms with Crippen LogP contribution in [-0.2, 0) is 0 Å². The first-order valence-electron chi connectivity index (χ1n) is 6.89. The van der Waals surface area contributed by atoms with Gasteiger partial charge in [0.25, 0.3) is 0 Å². The zero-order chi connectivity index (χ0) is 12.8. The molecule has 0 saturated heterocycles. The van der Waals surface area contributed by atoms with Crippen LogP contribution in [0.1, 0.15) is 53.4 Å². The maximum absolute atomic E-state index is 10.6. The number of allylic oxidation sites excluding steroid dienone is 1. The first-order chi connectivity index (χ1) is 7.74. The lowest BCUT2D eigenvalue weighted by Gasteiger charge is -2.34. The van der Waals surface area contributed by atoms with Crippen molar-refractivity contribution in [2.75, 3.05) is 0 Å². The molecule has 0 unspecified atom stereocenters. The lowest BCUT2D eigenvalue weighted by molar-refractivity contribution is -0.0419. The molecular formula is C15H26O2. The van der Waals surface area contributed by atoms with Gasteiger partial charge in [0.2, 0.25) is 0 Å². The molecule has 0 aromatic carbocycles. The molecule has 2 N–H and O–H groups in total. The molecule has 98 valence electrons. The molecule has 0 heterocycles. The SMILES string of the molecule is CC(C)C1=C[C@H]2[C@@H](CC[C@]2(C)O)[C@](C)(O)CC1. The number of aliphatic hydroxyl groups is 2. The number of fused-ring (bicyclic) bond motifs is 1. The average Bonchev–Trinajstić information content (AvgIpc) is 2.39. The van der Waals surface area contributed by atoms with Crippen LogP contribution in [0.15, 0.2) is 11.6 Å². The van der Waals surface area contributed by atoms with Gasteiger partial charge in [0.05, 0.1) is 11.2 Å². The summed E-state index contributed by atoms with van der Waals surface area (Å²) in [5.74, 6) is 0.854. The molecule has 0 spiro atoms. The molecule has 0 amide bonds. The third kappa shape index (κ3) is 2.30. The first kappa shape index (κ1) is 13.1. The van der Waals surface area contributed by atoms with Crippen molar-refractivity contribution >= 4 is 0 Å². The first-order valence-corrected chi connectivity index (χ1v) is 6.89. The van der Waals surface area contributed by atoms with Gasteiger partial charge in [-0.1, -0.05) is 25.5 Å². The van der Waals surface area contributed by atoms with Gasteiger partial charge in [-0.15, -0.1) is 0 Å². The number of hydrogen-bond acceptors (Lipinski definition) is 2. The van der Waals surface area contributed by atoms with Crippen molar-refractivity contribution in [2.45, 2.75) is 64.6 Å². The predicted molar refractivity (Wildman–Crippen MR) is 69.6 cm³/mol. The van der Waals surface area contributed by atoms with Crippen molar-refractivity contribution in [1.29, 1.82) is 0 Å². The molecule has 0 radical (unpaired) electrons. The summed E-state index contributed by atoms with van der Waals surface area (Å²) in [6.07, 6.45) is 5.80. The number of hydrogen-bond donors (Lipinski definition) is 2. The van der Waals surface area contributed by atoms with Gasteiger partial charge in [0, 0.05) is 5.92 Å². The van der Waals surface area contributed by atoms with Gasteiger partial charge in [0.1, 0.15) is 0 Å². The minimum absolute atomic E-state index is 0.123. The molecular weight excluding hydrogens is 212 g/mol. The van der Waals surface area contributed by atoms with Gasteiger partial charge >= 0.3 is 0 Å². The summed E-state index contributed by atoms with van der Waals surface area (Å²) in [6.45, 7) is 8.27. The molecule has 2 rings (SSSR count). The zero-order valence-electron chi connectivity index (χ0n) is 11.5. The van der Waals surface area contributed by atoms with Crippen molar-refractivity contribution in [3.63, 3.8) is 0 Å². The Kier molecular flexibility index (Phi) is 3.16. The molecule has 0 aromatic heterocycles. The molecule has 0 aromatic rings. The van der Waals surface area contributed by atoms with Crippen LogP contribution >= 0.6 is 0 Å². The van der Waals surface area contributed by atoms with Crippen LogP contribution < -0.4 is 0 Å². The highest BCUT2D eigenvalue weighted by Crippen LogP contribution is 2.50. The summed E-state index contributed by atoms with van der Waals surface area (Å²) in [6, 6.07) is 0. The quantitative estimate of drug-likeness (QED) is 0.690. The Morgan fingerprint density at radius 2 is 1.82 bits per heavy atom. The van der Waals surface area contributed by atoms with Gasteiger partial charge in [-0.25, -0.2) is 0 Å². The van der Waals surface area contributed by atoms with Gasteiger partial charge in [-0.2, -0.15) is 0 Å². The largest absolute Gasteiger partial charge is 0.390 e. The fourth-order valence-corrected chi connectivity index (χ4v) is 3.60. The second-order valence-electron chi connectivity index (χ2n) is 6.78. The lowest BCUT2D eigenvalue weighted by Crippen LogP contribution is -2.40. The maximum atomic E-state index is 10.6. The molecule has 17 heavy (non-hydrogen) atoms. The van der Waals surface area contributed by atoms with E-state index in [1.165, 1.54) is 5.57 Å². The molecule has 0 aliphatic heterocycles. The monoisotopic (exact) mass is 238 g/mol. The summed E-state index contributed by atoms with van der Waals surface area (Å²) in [7, 11) is 0. The Bertz CT molecular complexity index is 326. The Morgan fingerprint density at radius 1 is 1.18 bits per heavy atom. The molecule has 2 aliphatic rings. The lowest BCUT2D eigenvalue weighted by atomic mass is 9.77. The standard InChI is InChI=1S/C15H26O2/c1-10(2)11-5-7-14(3,16)12-6-8-15(4,17)13(12)9-11/h9-10,12-13,16-17H,5-8H2,1-4H3/t12-,13+,14-,15+/m1/s1. The minimum atomic E-state index is -0.640. The highest BCUT2D eigenvalue weighted by Gasteiger charge is 2.50. The molecule has 4 atom stereocenters. The van der Waals surface area contributed by atoms with Crippen LogP contribution in [0.4, 0.5) is 0 Å². The normalized spacial score (nSPS) is 46.6. The summed E-state index contributed by atoms with van der Waals surface area (Å²) in [5, 5.41) is 21.1. The van der Waals surface area contributed by atoms with E-state index in [2.05, 4.69) is 19.9 Å². The van der Waals surface area contributed by atoms with Crippen LogP contribution in [0.2, 0.25) is 0 Å². The smallest absolute Gasteiger partial charge is 0.0686 e. The topological polar surface area (TPSA) is 40.5 Å². The van der Waals surface area contributed by atoms with Gasteiger partial charge < -0.3 is 10.2 Å². The molecule has 1 saturated carbocycles. The van der Waals surface area contributed by atoms with Crippen LogP contribution in [-0.4, -0.2) is 21.4 Å². The fraction of sp³-hybridized carbons (Fsp3) is 0.867. The average molecular weight is 238 g/mol. The van der Waals surface area contributed by atoms with E-state index in [0.717, 1.165) is 25.7 Å². The van der Waals surface area contributed by atoms with Crippen LogP contribution in [0, 0.1) is 17.8 Å². The van der Waals surface area contributed by atoms with Crippen molar-refractivity contribution < 1.29 is 10.2 Å². The number of rotatable bonds is 1. The van der Waals surface area contributed by atoms with Crippen molar-refractivity contribution in [2.24, 2.45) is 17.8 Å². The Hall–Kier alpha value is -0.340. The highest BCUT2D eigenvalue weighted by atomic mass is 16.3. The molecule has 2 aliphatic carbocycles. The second-order valence-corrected chi connectivity index (χ2v) is 6.78. The van der Waals surface area contributed by atoms with Gasteiger partial charge in [-0.05, 0) is 51.4 Å². The molecule has 0 bridgehead atoms. The second kappa shape index (κ2) is 4.10. The molecule has 1 fully saturated rings. The van der Waals surface area contributed by atoms with Crippen molar-refractivity contribution in [3.8, 4) is 0 Å². The maximum Gasteiger partial charge on any atom is 0.0686 e. The molecule has 2 nitrogen and oxygen atoms in total. The Labute approximate surface area is 105 Å². The van der Waals surface area contributed by atoms with Crippen molar-refractivity contribution in [3.05, 3.63) is 11.6 Å². The van der Waals surface area contributed by atoms with Crippen molar-refractivity contribution in [1.82, 2.24) is 0 Å². The summed E-state index contributed by atoms with van der Waals surface area (Å²) in [5.41, 5.74) is 0.136. The van der Waals surface area contributed by atoms with Gasteiger partial charge in [-0.3, -0.25) is 0 Å². The summed E-state index contributed by atoms with van der Waals surface area (Å²) in [4.78, 5) is 0. The van der Waals surface area contributed by atoms with E-state index in [0.29, 0.717) is 5.92 Å². The van der Waals surface area contributed by atoms with Crippen LogP contribution in [0.25, 0.3) is 0 Å². The van der Waals surface area contributed by atoms with E-state index < -0.39 is 11.2 Å². The zero-order valence-corrected chi connectivity index (χ0v) is 11.5. The predicted octanol–water partition coefficient (Wildman–Crippen LogP) is 2.89. The fourth-order valence-electron chi connectivity index (χ4n) is 3.60. The van der Waals surface area contributed by atoms with E-state index in [1.54, 1.807) is 0 Å². The van der Waals surface area contributed by atoms with E-state index in [1.807, 2.05) is 13.8 Å². The third-order valence-corrected chi connectivity index (χ3v) is 4.97. The van der Waals surface area contributed by atoms with Crippen LogP contribution in [0.3, 0.4) is 0 Å². The van der Waals surface area contributed by atoms with Gasteiger partial charge in [0.15, 0.2) is 0 Å². The Morgan fingerprint density at radius 3 is 2.41 bits per heavy atom. The van der Waals surface area contributed by atoms with E-state index in [-0.39, 0.29) is 11.8 Å². The van der Waals surface area contributed by atoms with Crippen LogP contribution in [0.5, 0.6) is 0 Å². The highest BCUT2D eigenvalue weighted by molar-refractivity contribution is 5.19. The minimum Gasteiger partial charge on any atom is -0.390 e. The summed E-state index contributed by atoms with van der Waals surface area (Å²) < 4.78 is 0. The van der Waals surface area contributed by atoms with E-state index >= 15 is 0 Å². The Balaban J connectivity index is 2.37. The van der Waals surface area contributed by atoms with E-state index in [4.69, 9.17) is 0 Å². The summed E-state index contributed by atoms with van der Waals surface area (Å²) >= 11 is 0. The third-order valence-electron chi connectivity index (χ3n) is 4.97.